The number of hydrogen-bond acceptors (Lipinski definition) is 5. The van der Waals surface area contributed by atoms with Crippen molar-refractivity contribution >= 4 is 35.6 Å². The van der Waals surface area contributed by atoms with Crippen LogP contribution in [0.3, 0.4) is 0 Å². The summed E-state index contributed by atoms with van der Waals surface area (Å²) in [6.07, 6.45) is 1.14. The number of ether oxygens (including phenoxy) is 1. The molecule has 9 heteroatoms. The van der Waals surface area contributed by atoms with E-state index in [1.54, 1.807) is 12.1 Å². The molecule has 2 heterocycles. The number of nitro groups is 1. The van der Waals surface area contributed by atoms with Crippen molar-refractivity contribution in [1.29, 1.82) is 0 Å². The van der Waals surface area contributed by atoms with Gasteiger partial charge in [0, 0.05) is 50.9 Å². The summed E-state index contributed by atoms with van der Waals surface area (Å²) < 4.78 is 5.45. The molecule has 2 aliphatic heterocycles. The van der Waals surface area contributed by atoms with E-state index in [2.05, 4.69) is 22.0 Å². The number of nitrogens with one attached hydrogen (secondary N) is 1. The van der Waals surface area contributed by atoms with Crippen LogP contribution in [0.5, 0.6) is 0 Å². The number of nitrogens with zero attached hydrogens (tertiary/aromatic N) is 4. The maximum atomic E-state index is 10.7. The molecule has 0 radical (unpaired) electrons. The molecule has 1 atom stereocenters. The van der Waals surface area contributed by atoms with Crippen molar-refractivity contribution in [1.82, 2.24) is 15.1 Å². The minimum absolute atomic E-state index is 0. The van der Waals surface area contributed by atoms with Gasteiger partial charge in [0.1, 0.15) is 0 Å². The summed E-state index contributed by atoms with van der Waals surface area (Å²) >= 11 is 0. The lowest BCUT2D eigenvalue weighted by atomic mass is 10.2. The van der Waals surface area contributed by atoms with Gasteiger partial charge in [-0.3, -0.25) is 15.0 Å². The predicted octanol–water partition coefficient (Wildman–Crippen LogP) is 2.08. The Morgan fingerprint density at radius 2 is 2.00 bits per heavy atom. The van der Waals surface area contributed by atoms with Crippen molar-refractivity contribution < 1.29 is 9.66 Å². The van der Waals surface area contributed by atoms with Crippen LogP contribution in [0.15, 0.2) is 29.3 Å². The van der Waals surface area contributed by atoms with Crippen molar-refractivity contribution in [3.8, 4) is 0 Å². The number of guanidine groups is 1. The average molecular weight is 489 g/mol. The Morgan fingerprint density at radius 1 is 1.30 bits per heavy atom. The van der Waals surface area contributed by atoms with Gasteiger partial charge in [-0.25, -0.2) is 4.99 Å². The number of likely N-dealkylation sites (tertiary alicyclic amines) is 1. The third kappa shape index (κ3) is 6.01. The van der Waals surface area contributed by atoms with E-state index in [1.165, 1.54) is 12.1 Å². The van der Waals surface area contributed by atoms with Gasteiger partial charge >= 0.3 is 0 Å². The zero-order valence-corrected chi connectivity index (χ0v) is 18.0. The number of aliphatic imine (C=N–C) groups is 1. The molecule has 2 fully saturated rings. The summed E-state index contributed by atoms with van der Waals surface area (Å²) in [6.45, 7) is 9.04. The van der Waals surface area contributed by atoms with E-state index in [0.29, 0.717) is 12.6 Å². The van der Waals surface area contributed by atoms with E-state index in [0.717, 1.165) is 63.9 Å². The molecule has 150 valence electrons. The van der Waals surface area contributed by atoms with Crippen molar-refractivity contribution in [3.05, 3.63) is 39.9 Å². The number of nitro benzene ring substituents is 1. The van der Waals surface area contributed by atoms with Crippen LogP contribution in [-0.2, 0) is 11.3 Å². The van der Waals surface area contributed by atoms with Gasteiger partial charge in [0.05, 0.1) is 24.7 Å². The maximum absolute atomic E-state index is 10.7. The van der Waals surface area contributed by atoms with Crippen LogP contribution < -0.4 is 5.32 Å². The molecule has 0 saturated carbocycles. The molecule has 0 aliphatic carbocycles. The smallest absolute Gasteiger partial charge is 0.269 e. The number of benzene rings is 1. The van der Waals surface area contributed by atoms with Gasteiger partial charge < -0.3 is 15.0 Å². The molecule has 1 unspecified atom stereocenters. The van der Waals surface area contributed by atoms with Crippen LogP contribution in [0.25, 0.3) is 0 Å². The molecule has 1 aromatic carbocycles. The van der Waals surface area contributed by atoms with Crippen LogP contribution in [-0.4, -0.2) is 72.7 Å². The van der Waals surface area contributed by atoms with Crippen LogP contribution in [0, 0.1) is 10.1 Å². The molecular weight excluding hydrogens is 461 g/mol. The van der Waals surface area contributed by atoms with Gasteiger partial charge in [-0.05, 0) is 18.9 Å². The van der Waals surface area contributed by atoms with Gasteiger partial charge in [0.25, 0.3) is 5.69 Å². The molecule has 0 aromatic heterocycles. The molecule has 1 N–H and O–H groups in total. The molecule has 0 spiro atoms. The molecule has 2 aliphatic rings. The average Bonchev–Trinajstić information content (AvgIpc) is 3.16. The molecule has 1 aromatic rings. The van der Waals surface area contributed by atoms with E-state index < -0.39 is 0 Å². The zero-order chi connectivity index (χ0) is 18.4. The molecular formula is C18H28IN5O3. The monoisotopic (exact) mass is 489 g/mol. The first-order valence-corrected chi connectivity index (χ1v) is 9.25. The third-order valence-corrected chi connectivity index (χ3v) is 4.92. The molecule has 27 heavy (non-hydrogen) atoms. The Morgan fingerprint density at radius 3 is 2.63 bits per heavy atom. The first kappa shape index (κ1) is 21.8. The summed E-state index contributed by atoms with van der Waals surface area (Å²) in [5.74, 6) is 0.918. The summed E-state index contributed by atoms with van der Waals surface area (Å²) in [7, 11) is 0. The van der Waals surface area contributed by atoms with Crippen LogP contribution in [0.1, 0.15) is 18.9 Å². The predicted molar refractivity (Wildman–Crippen MR) is 116 cm³/mol. The molecule has 2 saturated heterocycles. The highest BCUT2D eigenvalue weighted by molar-refractivity contribution is 14.0. The Labute approximate surface area is 177 Å². The normalized spacial score (nSPS) is 21.0. The number of rotatable bonds is 5. The largest absolute Gasteiger partial charge is 0.379 e. The summed E-state index contributed by atoms with van der Waals surface area (Å²) in [5.41, 5.74) is 1.08. The van der Waals surface area contributed by atoms with Gasteiger partial charge in [-0.15, -0.1) is 24.0 Å². The van der Waals surface area contributed by atoms with E-state index in [9.17, 15) is 10.1 Å². The summed E-state index contributed by atoms with van der Waals surface area (Å²) in [5, 5.41) is 14.1. The minimum atomic E-state index is -0.382. The first-order chi connectivity index (χ1) is 12.7. The van der Waals surface area contributed by atoms with E-state index in [1.807, 2.05) is 0 Å². The SMILES string of the molecule is CCNC(=NCc1ccc([N+](=O)[O-])cc1)N1CCC(N2CCOCC2)C1.I. The van der Waals surface area contributed by atoms with E-state index in [-0.39, 0.29) is 34.6 Å². The minimum Gasteiger partial charge on any atom is -0.379 e. The van der Waals surface area contributed by atoms with Crippen LogP contribution >= 0.6 is 24.0 Å². The van der Waals surface area contributed by atoms with E-state index in [4.69, 9.17) is 9.73 Å². The van der Waals surface area contributed by atoms with Crippen LogP contribution in [0.2, 0.25) is 0 Å². The summed E-state index contributed by atoms with van der Waals surface area (Å²) in [6, 6.07) is 7.16. The standard InChI is InChI=1S/C18H27N5O3.HI/c1-2-19-18(20-13-15-3-5-16(6-4-15)23(24)25)22-8-7-17(14-22)21-9-11-26-12-10-21;/h3-6,17H,2,7-14H2,1H3,(H,19,20);1H. The molecule has 3 rings (SSSR count). The van der Waals surface area contributed by atoms with Crippen molar-refractivity contribution in [2.75, 3.05) is 45.9 Å². The van der Waals surface area contributed by atoms with Crippen molar-refractivity contribution in [2.24, 2.45) is 4.99 Å². The van der Waals surface area contributed by atoms with Gasteiger partial charge in [0.15, 0.2) is 5.96 Å². The van der Waals surface area contributed by atoms with Gasteiger partial charge in [-0.2, -0.15) is 0 Å². The number of hydrogen-bond donors (Lipinski definition) is 1. The first-order valence-electron chi connectivity index (χ1n) is 9.25. The molecule has 0 bridgehead atoms. The number of morpholine rings is 1. The van der Waals surface area contributed by atoms with Gasteiger partial charge in [0.2, 0.25) is 0 Å². The number of non-ortho nitro benzene ring substituents is 1. The molecule has 8 nitrogen and oxygen atoms in total. The van der Waals surface area contributed by atoms with Crippen LogP contribution in [0.4, 0.5) is 5.69 Å². The Kier molecular flexibility index (Phi) is 8.71. The lowest BCUT2D eigenvalue weighted by Gasteiger charge is -2.32. The fraction of sp³-hybridized carbons (Fsp3) is 0.611. The topological polar surface area (TPSA) is 83.2 Å². The lowest BCUT2D eigenvalue weighted by molar-refractivity contribution is -0.384. The second-order valence-corrected chi connectivity index (χ2v) is 6.63. The van der Waals surface area contributed by atoms with Crippen molar-refractivity contribution in [3.63, 3.8) is 0 Å². The third-order valence-electron chi connectivity index (χ3n) is 4.92. The highest BCUT2D eigenvalue weighted by atomic mass is 127. The Balaban J connectivity index is 0.00000261. The van der Waals surface area contributed by atoms with Gasteiger partial charge in [-0.1, -0.05) is 12.1 Å². The lowest BCUT2D eigenvalue weighted by Crippen LogP contribution is -2.46. The second kappa shape index (κ2) is 10.8. The van der Waals surface area contributed by atoms with Crippen molar-refractivity contribution in [2.45, 2.75) is 25.9 Å². The quantitative estimate of drug-likeness (QED) is 0.224. The Bertz CT molecular complexity index is 634. The summed E-state index contributed by atoms with van der Waals surface area (Å²) in [4.78, 5) is 19.9. The highest BCUT2D eigenvalue weighted by Gasteiger charge is 2.30. The number of halogens is 1. The zero-order valence-electron chi connectivity index (χ0n) is 15.7. The fourth-order valence-corrected chi connectivity index (χ4v) is 3.49. The highest BCUT2D eigenvalue weighted by Crippen LogP contribution is 2.18. The van der Waals surface area contributed by atoms with E-state index >= 15 is 0 Å². The fourth-order valence-electron chi connectivity index (χ4n) is 3.49. The maximum Gasteiger partial charge on any atom is 0.269 e. The Hall–Kier alpha value is -1.46. The second-order valence-electron chi connectivity index (χ2n) is 6.63. The molecule has 0 amide bonds.